The van der Waals surface area contributed by atoms with E-state index in [1.165, 1.54) is 0 Å². The predicted octanol–water partition coefficient (Wildman–Crippen LogP) is 3.63. The molecule has 0 bridgehead atoms. The molecule has 1 amide bonds. The van der Waals surface area contributed by atoms with Crippen LogP contribution >= 0.6 is 0 Å². The Morgan fingerprint density at radius 1 is 1.32 bits per heavy atom. The third-order valence-corrected chi connectivity index (χ3v) is 5.76. The van der Waals surface area contributed by atoms with E-state index < -0.39 is 24.5 Å². The molecule has 0 aliphatic carbocycles. The molecule has 4 aromatic heterocycles. The summed E-state index contributed by atoms with van der Waals surface area (Å²) in [6.45, 7) is 8.61. The van der Waals surface area contributed by atoms with E-state index in [4.69, 9.17) is 14.5 Å². The summed E-state index contributed by atoms with van der Waals surface area (Å²) in [5.74, 6) is 1.37. The molecule has 12 nitrogen and oxygen atoms in total. The fourth-order valence-electron chi connectivity index (χ4n) is 4.14. The normalized spacial score (nSPS) is 19.7. The summed E-state index contributed by atoms with van der Waals surface area (Å²) in [4.78, 5) is 21.0. The molecule has 3 N–H and O–H groups in total. The molecule has 0 spiro atoms. The maximum absolute atomic E-state index is 15.0. The summed E-state index contributed by atoms with van der Waals surface area (Å²) in [5.41, 5.74) is 2.68. The number of rotatable bonds is 8. The molecule has 5 heterocycles. The van der Waals surface area contributed by atoms with Gasteiger partial charge in [-0.15, -0.1) is 0 Å². The maximum Gasteiger partial charge on any atom is 0.407 e. The number of hydrogen-bond donors (Lipinski definition) is 3. The zero-order chi connectivity index (χ0) is 26.1. The van der Waals surface area contributed by atoms with Gasteiger partial charge in [-0.1, -0.05) is 13.8 Å². The first-order valence-electron chi connectivity index (χ1n) is 12.2. The lowest BCUT2D eigenvalue weighted by Gasteiger charge is -2.16. The number of anilines is 2. The van der Waals surface area contributed by atoms with Crippen LogP contribution in [0.25, 0.3) is 16.9 Å². The van der Waals surface area contributed by atoms with Crippen molar-refractivity contribution in [3.63, 3.8) is 0 Å². The van der Waals surface area contributed by atoms with E-state index in [0.29, 0.717) is 34.7 Å². The summed E-state index contributed by atoms with van der Waals surface area (Å²) in [5, 5.41) is 17.3. The Morgan fingerprint density at radius 3 is 2.95 bits per heavy atom. The van der Waals surface area contributed by atoms with E-state index in [2.05, 4.69) is 44.8 Å². The number of carbonyl (C=O) groups is 1. The summed E-state index contributed by atoms with van der Waals surface area (Å²) in [6.07, 6.45) is 3.02. The Bertz CT molecular complexity index is 1380. The number of aromatic amines is 1. The standard InChI is InChI=1S/C24H30FN9O3/c1-13(2)10-33-11-15(9-27-33)16-8-20-26-5-6-34(20)23(29-16)30-19-7-17(31-32-19)22-21(25)18(12-36-22)37-24(35)28-14(3)4/h5-9,11,13-14,18,21-22H,10,12H2,1-4H3,(H,28,35)(H2,29,30,31,32)/t18-,21-,22-/m1/s1. The number of carbonyl (C=O) groups excluding carboxylic acids is 1. The van der Waals surface area contributed by atoms with Crippen LogP contribution in [-0.2, 0) is 16.0 Å². The minimum atomic E-state index is -1.55. The zero-order valence-corrected chi connectivity index (χ0v) is 21.1. The molecule has 37 heavy (non-hydrogen) atoms. The van der Waals surface area contributed by atoms with E-state index in [9.17, 15) is 4.79 Å². The first-order valence-corrected chi connectivity index (χ1v) is 12.2. The van der Waals surface area contributed by atoms with E-state index in [1.54, 1.807) is 42.9 Å². The average Bonchev–Trinajstić information content (AvgIpc) is 3.61. The fraction of sp³-hybridized carbons (Fsp3) is 0.458. The van der Waals surface area contributed by atoms with Gasteiger partial charge in [-0.2, -0.15) is 10.2 Å². The molecule has 0 saturated carbocycles. The van der Waals surface area contributed by atoms with Crippen LogP contribution in [0.1, 0.15) is 39.5 Å². The van der Waals surface area contributed by atoms with Crippen LogP contribution in [0.5, 0.6) is 0 Å². The van der Waals surface area contributed by atoms with E-state index in [-0.39, 0.29) is 12.6 Å². The molecular weight excluding hydrogens is 481 g/mol. The lowest BCUT2D eigenvalue weighted by Crippen LogP contribution is -2.36. The largest absolute Gasteiger partial charge is 0.441 e. The molecule has 3 atom stereocenters. The Kier molecular flexibility index (Phi) is 6.78. The van der Waals surface area contributed by atoms with Crippen molar-refractivity contribution in [2.24, 2.45) is 5.92 Å². The van der Waals surface area contributed by atoms with Gasteiger partial charge in [0.25, 0.3) is 0 Å². The molecule has 1 aliphatic heterocycles. The van der Waals surface area contributed by atoms with E-state index >= 15 is 4.39 Å². The maximum atomic E-state index is 15.0. The van der Waals surface area contributed by atoms with Crippen molar-refractivity contribution in [1.29, 1.82) is 0 Å². The highest BCUT2D eigenvalue weighted by Gasteiger charge is 2.42. The number of fused-ring (bicyclic) bond motifs is 1. The number of alkyl halides is 1. The number of hydrogen-bond acceptors (Lipinski definition) is 8. The van der Waals surface area contributed by atoms with Crippen LogP contribution < -0.4 is 10.6 Å². The Labute approximate surface area is 212 Å². The van der Waals surface area contributed by atoms with Crippen LogP contribution in [-0.4, -0.2) is 65.4 Å². The topological polar surface area (TPSA) is 136 Å². The van der Waals surface area contributed by atoms with Crippen molar-refractivity contribution < 1.29 is 18.7 Å². The van der Waals surface area contributed by atoms with Gasteiger partial charge in [-0.3, -0.25) is 14.2 Å². The van der Waals surface area contributed by atoms with Crippen LogP contribution in [0.2, 0.25) is 0 Å². The van der Waals surface area contributed by atoms with Crippen molar-refractivity contribution in [3.8, 4) is 11.3 Å². The molecule has 5 rings (SSSR count). The summed E-state index contributed by atoms with van der Waals surface area (Å²) in [7, 11) is 0. The highest BCUT2D eigenvalue weighted by Crippen LogP contribution is 2.33. The Morgan fingerprint density at radius 2 is 2.16 bits per heavy atom. The van der Waals surface area contributed by atoms with E-state index in [0.717, 1.165) is 12.1 Å². The molecule has 196 valence electrons. The highest BCUT2D eigenvalue weighted by molar-refractivity contribution is 5.68. The van der Waals surface area contributed by atoms with Crippen molar-refractivity contribution in [2.45, 2.75) is 58.7 Å². The minimum Gasteiger partial charge on any atom is -0.441 e. The minimum absolute atomic E-state index is 0.0527. The number of nitrogens with zero attached hydrogens (tertiary/aromatic N) is 6. The van der Waals surface area contributed by atoms with E-state index in [1.807, 2.05) is 16.9 Å². The van der Waals surface area contributed by atoms with Crippen molar-refractivity contribution in [3.05, 3.63) is 42.6 Å². The molecule has 13 heteroatoms. The number of aromatic nitrogens is 7. The number of imidazole rings is 1. The predicted molar refractivity (Wildman–Crippen MR) is 133 cm³/mol. The number of H-pyrrole nitrogens is 1. The SMILES string of the molecule is CC(C)Cn1cc(-c2cc3nccn3c(Nc3cc([C@H]4OC[C@@H](OC(=O)NC(C)C)[C@H]4F)[nH]n3)n2)cn1. The van der Waals surface area contributed by atoms with Gasteiger partial charge in [0.1, 0.15) is 11.8 Å². The van der Waals surface area contributed by atoms with Gasteiger partial charge in [0.15, 0.2) is 18.1 Å². The number of halogens is 1. The monoisotopic (exact) mass is 511 g/mol. The second kappa shape index (κ2) is 10.2. The highest BCUT2D eigenvalue weighted by atomic mass is 19.1. The first-order chi connectivity index (χ1) is 17.8. The molecule has 1 fully saturated rings. The van der Waals surface area contributed by atoms with Gasteiger partial charge in [0.2, 0.25) is 5.95 Å². The molecule has 0 radical (unpaired) electrons. The molecule has 0 aromatic carbocycles. The van der Waals surface area contributed by atoms with Gasteiger partial charge in [0, 0.05) is 48.9 Å². The molecule has 0 unspecified atom stereocenters. The molecule has 4 aromatic rings. The van der Waals surface area contributed by atoms with Gasteiger partial charge < -0.3 is 20.1 Å². The smallest absolute Gasteiger partial charge is 0.407 e. The third kappa shape index (κ3) is 5.40. The van der Waals surface area contributed by atoms with Gasteiger partial charge in [-0.05, 0) is 19.8 Å². The molecular formula is C24H30FN9O3. The van der Waals surface area contributed by atoms with Gasteiger partial charge >= 0.3 is 6.09 Å². The lowest BCUT2D eigenvalue weighted by atomic mass is 10.1. The first kappa shape index (κ1) is 24.7. The fourth-order valence-corrected chi connectivity index (χ4v) is 4.14. The second-order valence-electron chi connectivity index (χ2n) is 9.74. The quantitative estimate of drug-likeness (QED) is 0.326. The van der Waals surface area contributed by atoms with Gasteiger partial charge in [-0.25, -0.2) is 19.2 Å². The van der Waals surface area contributed by atoms with Gasteiger partial charge in [0.05, 0.1) is 24.2 Å². The van der Waals surface area contributed by atoms with Crippen LogP contribution in [0.15, 0.2) is 36.9 Å². The van der Waals surface area contributed by atoms with Crippen molar-refractivity contribution in [1.82, 2.24) is 39.7 Å². The van der Waals surface area contributed by atoms with Crippen LogP contribution in [0, 0.1) is 5.92 Å². The van der Waals surface area contributed by atoms with Crippen LogP contribution in [0.3, 0.4) is 0 Å². The number of amides is 1. The van der Waals surface area contributed by atoms with Crippen molar-refractivity contribution >= 4 is 23.5 Å². The number of alkyl carbamates (subject to hydrolysis) is 1. The number of nitrogens with one attached hydrogen (secondary N) is 3. The summed E-state index contributed by atoms with van der Waals surface area (Å²) < 4.78 is 29.5. The third-order valence-electron chi connectivity index (χ3n) is 5.76. The molecule has 1 saturated heterocycles. The summed E-state index contributed by atoms with van der Waals surface area (Å²) in [6, 6.07) is 3.41. The Balaban J connectivity index is 1.32. The summed E-state index contributed by atoms with van der Waals surface area (Å²) >= 11 is 0. The average molecular weight is 512 g/mol. The lowest BCUT2D eigenvalue weighted by molar-refractivity contribution is 0.0615. The number of ether oxygens (including phenoxy) is 2. The van der Waals surface area contributed by atoms with Crippen LogP contribution in [0.4, 0.5) is 21.0 Å². The Hall–Kier alpha value is -4.00. The second-order valence-corrected chi connectivity index (χ2v) is 9.74. The molecule has 1 aliphatic rings. The zero-order valence-electron chi connectivity index (χ0n) is 21.1. The van der Waals surface area contributed by atoms with Crippen molar-refractivity contribution in [2.75, 3.05) is 11.9 Å².